The predicted octanol–water partition coefficient (Wildman–Crippen LogP) is 6.84. The van der Waals surface area contributed by atoms with E-state index in [1.165, 1.54) is 11.1 Å². The topological polar surface area (TPSA) is 54.4 Å². The summed E-state index contributed by atoms with van der Waals surface area (Å²) in [6.07, 6.45) is 9.18. The molecule has 2 fully saturated rings. The molecule has 3 nitrogen and oxygen atoms in total. The number of hydrogen-bond donors (Lipinski definition) is 1. The number of hydrogen-bond acceptors (Lipinski definition) is 3. The standard InChI is InChI=1S/C30H46O3/c1-18(2)10-9-11-19(3)20-12-14-29(7)24(30(20,8)33)16-21-26(29)22(31)17-23-27(4,5)25(32)13-15-28(21,23)6/h10,19-20,23-24,33H,9,11-17H2,1-8H3. The Morgan fingerprint density at radius 3 is 2.33 bits per heavy atom. The van der Waals surface area contributed by atoms with Crippen LogP contribution in [0.5, 0.6) is 0 Å². The van der Waals surface area contributed by atoms with Gasteiger partial charge in [-0.2, -0.15) is 0 Å². The summed E-state index contributed by atoms with van der Waals surface area (Å²) in [5, 5.41) is 12.1. The van der Waals surface area contributed by atoms with Gasteiger partial charge in [-0.1, -0.05) is 51.8 Å². The number of ketones is 2. The molecule has 0 aromatic carbocycles. The van der Waals surface area contributed by atoms with Gasteiger partial charge >= 0.3 is 0 Å². The van der Waals surface area contributed by atoms with Crippen LogP contribution in [0.1, 0.15) is 107 Å². The van der Waals surface area contributed by atoms with Crippen LogP contribution in [0.15, 0.2) is 22.8 Å². The van der Waals surface area contributed by atoms with Crippen molar-refractivity contribution in [3.05, 3.63) is 22.8 Å². The summed E-state index contributed by atoms with van der Waals surface area (Å²) in [6, 6.07) is 0. The van der Waals surface area contributed by atoms with Gasteiger partial charge in [-0.15, -0.1) is 0 Å². The molecule has 33 heavy (non-hydrogen) atoms. The first-order chi connectivity index (χ1) is 15.2. The van der Waals surface area contributed by atoms with Crippen LogP contribution in [0.4, 0.5) is 0 Å². The van der Waals surface area contributed by atoms with E-state index in [4.69, 9.17) is 0 Å². The van der Waals surface area contributed by atoms with Gasteiger partial charge in [0.25, 0.3) is 0 Å². The van der Waals surface area contributed by atoms with Gasteiger partial charge in [0, 0.05) is 35.2 Å². The molecular formula is C30H46O3. The first kappa shape index (κ1) is 24.9. The summed E-state index contributed by atoms with van der Waals surface area (Å²) in [4.78, 5) is 26.5. The van der Waals surface area contributed by atoms with Crippen molar-refractivity contribution < 1.29 is 14.7 Å². The molecule has 4 aliphatic carbocycles. The van der Waals surface area contributed by atoms with E-state index in [9.17, 15) is 14.7 Å². The Hall–Kier alpha value is -1.22. The Labute approximate surface area is 201 Å². The zero-order valence-corrected chi connectivity index (χ0v) is 22.3. The maximum absolute atomic E-state index is 13.7. The second-order valence-electron chi connectivity index (χ2n) is 13.5. The van der Waals surface area contributed by atoms with E-state index in [0.717, 1.165) is 44.1 Å². The number of rotatable bonds is 4. The van der Waals surface area contributed by atoms with E-state index in [0.29, 0.717) is 24.5 Å². The maximum atomic E-state index is 13.7. The van der Waals surface area contributed by atoms with Gasteiger partial charge in [-0.25, -0.2) is 0 Å². The zero-order valence-electron chi connectivity index (χ0n) is 22.3. The van der Waals surface area contributed by atoms with Crippen molar-refractivity contribution in [1.82, 2.24) is 0 Å². The van der Waals surface area contributed by atoms with E-state index in [1.54, 1.807) is 0 Å². The molecule has 0 radical (unpaired) electrons. The van der Waals surface area contributed by atoms with E-state index >= 15 is 0 Å². The van der Waals surface area contributed by atoms with Gasteiger partial charge in [0.05, 0.1) is 5.60 Å². The molecule has 4 aliphatic rings. The monoisotopic (exact) mass is 454 g/mol. The van der Waals surface area contributed by atoms with Crippen LogP contribution in [0.3, 0.4) is 0 Å². The van der Waals surface area contributed by atoms with Crippen LogP contribution >= 0.6 is 0 Å². The van der Waals surface area contributed by atoms with E-state index in [1.807, 2.05) is 0 Å². The Balaban J connectivity index is 1.67. The highest BCUT2D eigenvalue weighted by molar-refractivity contribution is 6.01. The summed E-state index contributed by atoms with van der Waals surface area (Å²) in [6.45, 7) is 17.4. The molecule has 1 N–H and O–H groups in total. The van der Waals surface area contributed by atoms with E-state index in [2.05, 4.69) is 61.5 Å². The fourth-order valence-corrected chi connectivity index (χ4v) is 8.90. The average molecular weight is 455 g/mol. The van der Waals surface area contributed by atoms with Crippen molar-refractivity contribution in [2.75, 3.05) is 0 Å². The summed E-state index contributed by atoms with van der Waals surface area (Å²) in [5.74, 6) is 1.42. The average Bonchev–Trinajstić information content (AvgIpc) is 3.03. The Bertz CT molecular complexity index is 915. The summed E-state index contributed by atoms with van der Waals surface area (Å²) in [7, 11) is 0. The van der Waals surface area contributed by atoms with Gasteiger partial charge in [-0.3, -0.25) is 9.59 Å². The normalized spacial score (nSPS) is 43.0. The van der Waals surface area contributed by atoms with Gasteiger partial charge in [-0.05, 0) is 82.5 Å². The van der Waals surface area contributed by atoms with Gasteiger partial charge in [0.15, 0.2) is 5.78 Å². The molecule has 0 bridgehead atoms. The minimum atomic E-state index is -0.791. The van der Waals surface area contributed by atoms with Gasteiger partial charge in [0.1, 0.15) is 5.78 Å². The molecule has 0 saturated heterocycles. The quantitative estimate of drug-likeness (QED) is 0.473. The molecule has 0 heterocycles. The lowest BCUT2D eigenvalue weighted by Crippen LogP contribution is -2.54. The maximum Gasteiger partial charge on any atom is 0.159 e. The fourth-order valence-electron chi connectivity index (χ4n) is 8.90. The lowest BCUT2D eigenvalue weighted by molar-refractivity contribution is -0.141. The Morgan fingerprint density at radius 2 is 1.70 bits per heavy atom. The number of carbonyl (C=O) groups excluding carboxylic acids is 2. The third kappa shape index (κ3) is 3.55. The number of allylic oxidation sites excluding steroid dienone is 4. The smallest absolute Gasteiger partial charge is 0.159 e. The number of fused-ring (bicyclic) bond motifs is 4. The highest BCUT2D eigenvalue weighted by atomic mass is 16.3. The molecule has 0 amide bonds. The number of carbonyl (C=O) groups is 2. The van der Waals surface area contributed by atoms with E-state index < -0.39 is 11.0 Å². The van der Waals surface area contributed by atoms with Crippen molar-refractivity contribution in [2.24, 2.45) is 39.9 Å². The van der Waals surface area contributed by atoms with Crippen LogP contribution in [0.2, 0.25) is 0 Å². The van der Waals surface area contributed by atoms with Crippen molar-refractivity contribution >= 4 is 11.6 Å². The molecule has 0 aromatic heterocycles. The minimum Gasteiger partial charge on any atom is -0.390 e. The number of Topliss-reactive ketones (excluding diaryl/α,β-unsaturated/α-hetero) is 2. The number of aliphatic hydroxyl groups is 1. The fraction of sp³-hybridized carbons (Fsp3) is 0.800. The first-order valence-electron chi connectivity index (χ1n) is 13.3. The largest absolute Gasteiger partial charge is 0.390 e. The van der Waals surface area contributed by atoms with Gasteiger partial charge < -0.3 is 5.11 Å². The van der Waals surface area contributed by atoms with Crippen LogP contribution in [0, 0.1) is 39.9 Å². The molecule has 0 aliphatic heterocycles. The highest BCUT2D eigenvalue weighted by Gasteiger charge is 2.65. The molecule has 0 spiro atoms. The minimum absolute atomic E-state index is 0.0741. The predicted molar refractivity (Wildman–Crippen MR) is 134 cm³/mol. The second-order valence-corrected chi connectivity index (χ2v) is 13.5. The van der Waals surface area contributed by atoms with Crippen LogP contribution in [-0.2, 0) is 9.59 Å². The second kappa shape index (κ2) is 7.90. The Kier molecular flexibility index (Phi) is 5.96. The molecule has 184 valence electrons. The molecule has 7 unspecified atom stereocenters. The van der Waals surface area contributed by atoms with Crippen LogP contribution in [-0.4, -0.2) is 22.3 Å². The zero-order chi connectivity index (χ0) is 24.6. The van der Waals surface area contributed by atoms with Crippen LogP contribution < -0.4 is 0 Å². The molecular weight excluding hydrogens is 408 g/mol. The third-order valence-electron chi connectivity index (χ3n) is 10.9. The van der Waals surface area contributed by atoms with Crippen molar-refractivity contribution in [3.8, 4) is 0 Å². The SMILES string of the molecule is CC(C)=CCCC(C)C1CCC2(C)C3=C(CC2C1(C)O)C1(C)CCC(=O)C(C)(C)C1CC3=O. The first-order valence-corrected chi connectivity index (χ1v) is 13.3. The van der Waals surface area contributed by atoms with E-state index in [-0.39, 0.29) is 34.4 Å². The molecule has 0 aromatic rings. The van der Waals surface area contributed by atoms with Crippen molar-refractivity contribution in [3.63, 3.8) is 0 Å². The summed E-state index contributed by atoms with van der Waals surface area (Å²) in [5.41, 5.74) is 2.10. The Morgan fingerprint density at radius 1 is 1.03 bits per heavy atom. The van der Waals surface area contributed by atoms with Gasteiger partial charge in [0.2, 0.25) is 0 Å². The highest BCUT2D eigenvalue weighted by Crippen LogP contribution is 2.69. The lowest BCUT2D eigenvalue weighted by atomic mass is 9.49. The molecule has 7 atom stereocenters. The lowest BCUT2D eigenvalue weighted by Gasteiger charge is -2.54. The van der Waals surface area contributed by atoms with Crippen molar-refractivity contribution in [1.29, 1.82) is 0 Å². The van der Waals surface area contributed by atoms with Crippen molar-refractivity contribution in [2.45, 2.75) is 112 Å². The summed E-state index contributed by atoms with van der Waals surface area (Å²) >= 11 is 0. The molecule has 3 heteroatoms. The summed E-state index contributed by atoms with van der Waals surface area (Å²) < 4.78 is 0. The molecule has 4 rings (SSSR count). The third-order valence-corrected chi connectivity index (χ3v) is 10.9. The molecule has 2 saturated carbocycles. The van der Waals surface area contributed by atoms with Crippen LogP contribution in [0.25, 0.3) is 0 Å².